The Morgan fingerprint density at radius 3 is 2.19 bits per heavy atom. The number of sulfone groups is 1. The molecule has 0 spiro atoms. The molecule has 21 heavy (non-hydrogen) atoms. The third-order valence-corrected chi connectivity index (χ3v) is 4.52. The molecule has 1 rings (SSSR count). The van der Waals surface area contributed by atoms with Gasteiger partial charge in [0.1, 0.15) is 5.75 Å². The van der Waals surface area contributed by atoms with Crippen LogP contribution in [-0.4, -0.2) is 32.9 Å². The summed E-state index contributed by atoms with van der Waals surface area (Å²) in [6.07, 6.45) is 0. The summed E-state index contributed by atoms with van der Waals surface area (Å²) in [7, 11) is -3.25. The van der Waals surface area contributed by atoms with E-state index in [0.29, 0.717) is 29.7 Å². The molecule has 0 aromatic heterocycles. The molecule has 0 heterocycles. The van der Waals surface area contributed by atoms with Crippen LogP contribution < -0.4 is 10.1 Å². The third-order valence-electron chi connectivity index (χ3n) is 2.79. The topological polar surface area (TPSA) is 55.4 Å². The van der Waals surface area contributed by atoms with Crippen LogP contribution in [0.3, 0.4) is 0 Å². The van der Waals surface area contributed by atoms with Crippen molar-refractivity contribution < 1.29 is 13.2 Å². The molecule has 1 aromatic carbocycles. The summed E-state index contributed by atoms with van der Waals surface area (Å²) in [5.74, 6) is 1.24. The lowest BCUT2D eigenvalue weighted by atomic mass is 10.1. The molecular formula is C16H27NO3S. The van der Waals surface area contributed by atoms with Gasteiger partial charge < -0.3 is 10.1 Å². The maximum Gasteiger partial charge on any atom is 0.179 e. The summed E-state index contributed by atoms with van der Waals surface area (Å²) in [6, 6.07) is 6.66. The largest absolute Gasteiger partial charge is 0.493 e. The zero-order valence-electron chi connectivity index (χ0n) is 13.6. The van der Waals surface area contributed by atoms with Crippen molar-refractivity contribution in [3.8, 4) is 5.75 Å². The highest BCUT2D eigenvalue weighted by atomic mass is 32.2. The molecule has 0 atom stereocenters. The van der Waals surface area contributed by atoms with Crippen molar-refractivity contribution in [3.05, 3.63) is 24.3 Å². The van der Waals surface area contributed by atoms with Gasteiger partial charge in [0, 0.05) is 12.1 Å². The second kappa shape index (κ2) is 7.27. The van der Waals surface area contributed by atoms with Crippen LogP contribution in [0.15, 0.2) is 29.2 Å². The molecule has 120 valence electrons. The molecule has 1 aromatic rings. The Labute approximate surface area is 128 Å². The zero-order chi connectivity index (χ0) is 16.1. The van der Waals surface area contributed by atoms with E-state index in [-0.39, 0.29) is 11.3 Å². The Morgan fingerprint density at radius 1 is 1.14 bits per heavy atom. The molecule has 4 nitrogen and oxygen atoms in total. The van der Waals surface area contributed by atoms with Crippen LogP contribution in [0.25, 0.3) is 0 Å². The third kappa shape index (κ3) is 6.96. The van der Waals surface area contributed by atoms with Crippen LogP contribution in [0.4, 0.5) is 0 Å². The van der Waals surface area contributed by atoms with Crippen molar-refractivity contribution in [1.29, 1.82) is 0 Å². The van der Waals surface area contributed by atoms with E-state index < -0.39 is 9.84 Å². The monoisotopic (exact) mass is 313 g/mol. The van der Waals surface area contributed by atoms with E-state index in [4.69, 9.17) is 4.74 Å². The molecule has 0 fully saturated rings. The summed E-state index contributed by atoms with van der Waals surface area (Å²) in [4.78, 5) is 0.343. The number of rotatable bonds is 7. The predicted molar refractivity (Wildman–Crippen MR) is 86.6 cm³/mol. The van der Waals surface area contributed by atoms with Gasteiger partial charge >= 0.3 is 0 Å². The predicted octanol–water partition coefficient (Wildman–Crippen LogP) is 2.88. The zero-order valence-corrected chi connectivity index (χ0v) is 14.5. The van der Waals surface area contributed by atoms with Gasteiger partial charge in [-0.3, -0.25) is 0 Å². The molecule has 0 aliphatic rings. The van der Waals surface area contributed by atoms with Crippen molar-refractivity contribution in [2.45, 2.75) is 45.1 Å². The van der Waals surface area contributed by atoms with Gasteiger partial charge in [-0.2, -0.15) is 0 Å². The Hall–Kier alpha value is -1.07. The fraction of sp³-hybridized carbons (Fsp3) is 0.625. The van der Waals surface area contributed by atoms with E-state index in [1.807, 2.05) is 20.8 Å². The summed E-state index contributed by atoms with van der Waals surface area (Å²) < 4.78 is 30.0. The first-order valence-electron chi connectivity index (χ1n) is 7.31. The van der Waals surface area contributed by atoms with Crippen molar-refractivity contribution in [1.82, 2.24) is 5.32 Å². The Kier molecular flexibility index (Phi) is 6.23. The summed E-state index contributed by atoms with van der Waals surface area (Å²) in [6.45, 7) is 11.3. The number of nitrogens with one attached hydrogen (secondary N) is 1. The van der Waals surface area contributed by atoms with Gasteiger partial charge in [-0.25, -0.2) is 8.42 Å². The molecule has 0 aliphatic heterocycles. The highest BCUT2D eigenvalue weighted by Crippen LogP contribution is 2.17. The smallest absolute Gasteiger partial charge is 0.179 e. The first kappa shape index (κ1) is 18.0. The second-order valence-corrected chi connectivity index (χ2v) is 8.78. The molecule has 0 unspecified atom stereocenters. The van der Waals surface area contributed by atoms with Gasteiger partial charge in [-0.1, -0.05) is 13.8 Å². The summed E-state index contributed by atoms with van der Waals surface area (Å²) in [5.41, 5.74) is -0.0793. The number of hydrogen-bond acceptors (Lipinski definition) is 4. The number of benzene rings is 1. The lowest BCUT2D eigenvalue weighted by Gasteiger charge is -2.20. The normalized spacial score (nSPS) is 12.7. The highest BCUT2D eigenvalue weighted by Gasteiger charge is 2.16. The van der Waals surface area contributed by atoms with Crippen molar-refractivity contribution >= 4 is 9.84 Å². The van der Waals surface area contributed by atoms with E-state index in [1.165, 1.54) is 0 Å². The molecule has 0 bridgehead atoms. The molecule has 0 radical (unpaired) electrons. The van der Waals surface area contributed by atoms with Gasteiger partial charge in [0.15, 0.2) is 9.84 Å². The van der Waals surface area contributed by atoms with E-state index >= 15 is 0 Å². The molecule has 0 amide bonds. The first-order chi connectivity index (χ1) is 9.60. The van der Waals surface area contributed by atoms with Crippen LogP contribution in [-0.2, 0) is 9.84 Å². The maximum absolute atomic E-state index is 12.2. The van der Waals surface area contributed by atoms with E-state index in [9.17, 15) is 8.42 Å². The fourth-order valence-corrected chi connectivity index (χ4v) is 2.84. The highest BCUT2D eigenvalue weighted by molar-refractivity contribution is 7.91. The lowest BCUT2D eigenvalue weighted by molar-refractivity contribution is 0.271. The Bertz CT molecular complexity index is 528. The van der Waals surface area contributed by atoms with Crippen LogP contribution in [0.2, 0.25) is 0 Å². The average molecular weight is 313 g/mol. The average Bonchev–Trinajstić information content (AvgIpc) is 2.35. The van der Waals surface area contributed by atoms with Crippen LogP contribution >= 0.6 is 0 Å². The standard InChI is InChI=1S/C16H27NO3S/c1-13(2)12-20-14-6-8-15(9-7-14)21(18,19)11-10-17-16(3,4)5/h6-9,13,17H,10-12H2,1-5H3. The van der Waals surface area contributed by atoms with E-state index in [1.54, 1.807) is 24.3 Å². The van der Waals surface area contributed by atoms with Crippen molar-refractivity contribution in [2.24, 2.45) is 5.92 Å². The van der Waals surface area contributed by atoms with E-state index in [2.05, 4.69) is 19.2 Å². The summed E-state index contributed by atoms with van der Waals surface area (Å²) in [5, 5.41) is 3.19. The molecule has 0 saturated heterocycles. The van der Waals surface area contributed by atoms with E-state index in [0.717, 1.165) is 0 Å². The second-order valence-electron chi connectivity index (χ2n) is 6.67. The SMILES string of the molecule is CC(C)COc1ccc(S(=O)(=O)CCNC(C)(C)C)cc1. The minimum Gasteiger partial charge on any atom is -0.493 e. The maximum atomic E-state index is 12.2. The van der Waals surface area contributed by atoms with Gasteiger partial charge in [-0.05, 0) is 51.0 Å². The molecule has 1 N–H and O–H groups in total. The molecule has 5 heteroatoms. The lowest BCUT2D eigenvalue weighted by Crippen LogP contribution is -2.38. The van der Waals surface area contributed by atoms with Gasteiger partial charge in [0.05, 0.1) is 17.3 Å². The fourth-order valence-electron chi connectivity index (χ4n) is 1.68. The number of ether oxygens (including phenoxy) is 1. The molecular weight excluding hydrogens is 286 g/mol. The minimum atomic E-state index is -3.25. The Morgan fingerprint density at radius 2 is 1.71 bits per heavy atom. The minimum absolute atomic E-state index is 0.0793. The molecule has 0 aliphatic carbocycles. The van der Waals surface area contributed by atoms with Crippen molar-refractivity contribution in [2.75, 3.05) is 18.9 Å². The van der Waals surface area contributed by atoms with Crippen LogP contribution in [0.5, 0.6) is 5.75 Å². The van der Waals surface area contributed by atoms with Gasteiger partial charge in [-0.15, -0.1) is 0 Å². The van der Waals surface area contributed by atoms with Crippen LogP contribution in [0, 0.1) is 5.92 Å². The van der Waals surface area contributed by atoms with Gasteiger partial charge in [0.25, 0.3) is 0 Å². The quantitative estimate of drug-likeness (QED) is 0.841. The van der Waals surface area contributed by atoms with Gasteiger partial charge in [0.2, 0.25) is 0 Å². The van der Waals surface area contributed by atoms with Crippen LogP contribution in [0.1, 0.15) is 34.6 Å². The van der Waals surface area contributed by atoms with Crippen molar-refractivity contribution in [3.63, 3.8) is 0 Å². The Balaban J connectivity index is 2.63. The summed E-state index contributed by atoms with van der Waals surface area (Å²) >= 11 is 0. The molecule has 0 saturated carbocycles. The number of hydrogen-bond donors (Lipinski definition) is 1. The first-order valence-corrected chi connectivity index (χ1v) is 8.96.